The molecule has 0 saturated heterocycles. The Morgan fingerprint density at radius 3 is 2.78 bits per heavy atom. The zero-order chi connectivity index (χ0) is 19.2. The number of benzene rings is 1. The van der Waals surface area contributed by atoms with Gasteiger partial charge in [-0.2, -0.15) is 0 Å². The number of aromatic nitrogens is 2. The highest BCUT2D eigenvalue weighted by Crippen LogP contribution is 2.23. The van der Waals surface area contributed by atoms with E-state index in [9.17, 15) is 14.0 Å². The largest absolute Gasteiger partial charge is 0.481 e. The summed E-state index contributed by atoms with van der Waals surface area (Å²) in [5, 5.41) is 2.65. The molecule has 0 aliphatic heterocycles. The van der Waals surface area contributed by atoms with Crippen molar-refractivity contribution in [2.45, 2.75) is 6.54 Å². The van der Waals surface area contributed by atoms with E-state index in [0.29, 0.717) is 29.0 Å². The number of ether oxygens (including phenoxy) is 1. The molecule has 0 saturated carbocycles. The molecular weight excluding hydrogens is 349 g/mol. The molecule has 2 aromatic heterocycles. The Morgan fingerprint density at radius 1 is 1.22 bits per heavy atom. The number of rotatable bonds is 6. The molecule has 0 atom stereocenters. The molecule has 7 heteroatoms. The van der Waals surface area contributed by atoms with Crippen molar-refractivity contribution in [3.8, 4) is 17.1 Å². The summed E-state index contributed by atoms with van der Waals surface area (Å²) in [6.45, 7) is 0.183. The van der Waals surface area contributed by atoms with Gasteiger partial charge in [0.2, 0.25) is 5.88 Å². The predicted octanol–water partition coefficient (Wildman–Crippen LogP) is 3.03. The molecule has 0 unspecified atom stereocenters. The minimum Gasteiger partial charge on any atom is -0.481 e. The van der Waals surface area contributed by atoms with Crippen molar-refractivity contribution >= 4 is 12.2 Å². The lowest BCUT2D eigenvalue weighted by atomic mass is 10.0. The number of amides is 1. The number of carbonyl (C=O) groups excluding carboxylic acids is 2. The lowest BCUT2D eigenvalue weighted by molar-refractivity contribution is 0.0946. The van der Waals surface area contributed by atoms with Crippen LogP contribution in [0.2, 0.25) is 0 Å². The van der Waals surface area contributed by atoms with Crippen molar-refractivity contribution in [2.75, 3.05) is 7.11 Å². The fraction of sp³-hybridized carbons (Fsp3) is 0.100. The van der Waals surface area contributed by atoms with Crippen LogP contribution in [0, 0.1) is 5.82 Å². The van der Waals surface area contributed by atoms with E-state index in [1.807, 2.05) is 0 Å². The molecule has 3 aromatic rings. The van der Waals surface area contributed by atoms with Gasteiger partial charge in [0.05, 0.1) is 18.4 Å². The molecule has 136 valence electrons. The number of hydrogen-bond donors (Lipinski definition) is 1. The van der Waals surface area contributed by atoms with E-state index in [-0.39, 0.29) is 12.1 Å². The molecule has 0 radical (unpaired) electrons. The van der Waals surface area contributed by atoms with E-state index in [1.54, 1.807) is 30.5 Å². The first-order valence-corrected chi connectivity index (χ1v) is 8.09. The van der Waals surface area contributed by atoms with Gasteiger partial charge in [-0.15, -0.1) is 0 Å². The predicted molar refractivity (Wildman–Crippen MR) is 97.0 cm³/mol. The Morgan fingerprint density at radius 2 is 2.07 bits per heavy atom. The summed E-state index contributed by atoms with van der Waals surface area (Å²) in [6, 6.07) is 10.7. The Labute approximate surface area is 155 Å². The van der Waals surface area contributed by atoms with Crippen LogP contribution in [0.3, 0.4) is 0 Å². The van der Waals surface area contributed by atoms with Crippen LogP contribution in [0.25, 0.3) is 11.3 Å². The van der Waals surface area contributed by atoms with Gasteiger partial charge < -0.3 is 10.1 Å². The number of nitrogens with zero attached hydrogens (tertiary/aromatic N) is 2. The molecule has 3 rings (SSSR count). The van der Waals surface area contributed by atoms with Crippen LogP contribution in [-0.4, -0.2) is 29.3 Å². The normalized spacial score (nSPS) is 10.3. The number of hydrogen-bond acceptors (Lipinski definition) is 5. The van der Waals surface area contributed by atoms with E-state index < -0.39 is 11.7 Å². The average Bonchev–Trinajstić information content (AvgIpc) is 2.72. The molecule has 0 aliphatic carbocycles. The Balaban J connectivity index is 1.81. The Bertz CT molecular complexity index is 974. The van der Waals surface area contributed by atoms with Gasteiger partial charge >= 0.3 is 0 Å². The van der Waals surface area contributed by atoms with E-state index in [4.69, 9.17) is 4.74 Å². The van der Waals surface area contributed by atoms with Crippen molar-refractivity contribution in [3.63, 3.8) is 0 Å². The molecule has 6 nitrogen and oxygen atoms in total. The highest BCUT2D eigenvalue weighted by molar-refractivity contribution is 5.96. The van der Waals surface area contributed by atoms with Crippen molar-refractivity contribution in [1.29, 1.82) is 0 Å². The van der Waals surface area contributed by atoms with Crippen LogP contribution in [0.1, 0.15) is 26.3 Å². The maximum atomic E-state index is 14.2. The second kappa shape index (κ2) is 8.18. The van der Waals surface area contributed by atoms with Gasteiger partial charge in [0, 0.05) is 36.1 Å². The second-order valence-electron chi connectivity index (χ2n) is 5.65. The summed E-state index contributed by atoms with van der Waals surface area (Å²) < 4.78 is 19.1. The monoisotopic (exact) mass is 365 g/mol. The molecule has 2 heterocycles. The van der Waals surface area contributed by atoms with Gasteiger partial charge in [-0.1, -0.05) is 6.07 Å². The van der Waals surface area contributed by atoms with Crippen molar-refractivity contribution in [2.24, 2.45) is 0 Å². The van der Waals surface area contributed by atoms with Gasteiger partial charge in [0.15, 0.2) is 6.29 Å². The zero-order valence-corrected chi connectivity index (χ0v) is 14.5. The lowest BCUT2D eigenvalue weighted by Crippen LogP contribution is -2.24. The molecule has 1 aromatic carbocycles. The van der Waals surface area contributed by atoms with Gasteiger partial charge in [0.25, 0.3) is 5.91 Å². The number of halogens is 1. The quantitative estimate of drug-likeness (QED) is 0.679. The molecule has 1 N–H and O–H groups in total. The minimum atomic E-state index is -0.660. The van der Waals surface area contributed by atoms with E-state index in [1.165, 1.54) is 31.5 Å². The average molecular weight is 365 g/mol. The zero-order valence-electron chi connectivity index (χ0n) is 14.5. The van der Waals surface area contributed by atoms with E-state index >= 15 is 0 Å². The molecular formula is C20H16FN3O3. The first-order chi connectivity index (χ1) is 13.1. The number of aldehydes is 1. The summed E-state index contributed by atoms with van der Waals surface area (Å²) in [5.41, 5.74) is 1.85. The highest BCUT2D eigenvalue weighted by atomic mass is 19.1. The third kappa shape index (κ3) is 4.14. The molecule has 0 bridgehead atoms. The third-order valence-corrected chi connectivity index (χ3v) is 3.91. The molecule has 0 fully saturated rings. The SMILES string of the molecule is COc1ccc(CNC(=O)c2cc(-c3ncccc3C=O)ccc2F)cn1. The summed E-state index contributed by atoms with van der Waals surface area (Å²) in [6.07, 6.45) is 3.76. The maximum Gasteiger partial charge on any atom is 0.254 e. The van der Waals surface area contributed by atoms with Crippen LogP contribution >= 0.6 is 0 Å². The number of pyridine rings is 2. The van der Waals surface area contributed by atoms with Crippen molar-refractivity contribution in [3.05, 3.63) is 77.4 Å². The maximum absolute atomic E-state index is 14.2. The Kier molecular flexibility index (Phi) is 5.51. The lowest BCUT2D eigenvalue weighted by Gasteiger charge is -2.09. The van der Waals surface area contributed by atoms with Gasteiger partial charge in [-0.3, -0.25) is 14.6 Å². The second-order valence-corrected chi connectivity index (χ2v) is 5.65. The van der Waals surface area contributed by atoms with Crippen LogP contribution < -0.4 is 10.1 Å². The highest BCUT2D eigenvalue weighted by Gasteiger charge is 2.15. The standard InChI is InChI=1S/C20H16FN3O3/c1-27-18-7-4-13(10-23-18)11-24-20(26)16-9-14(5-6-17(16)21)19-15(12-25)3-2-8-22-19/h2-10,12H,11H2,1H3,(H,24,26). The van der Waals surface area contributed by atoms with Crippen LogP contribution in [0.15, 0.2) is 54.9 Å². The summed E-state index contributed by atoms with van der Waals surface area (Å²) in [5.74, 6) is -0.772. The topological polar surface area (TPSA) is 81.2 Å². The first kappa shape index (κ1) is 18.2. The number of nitrogens with one attached hydrogen (secondary N) is 1. The third-order valence-electron chi connectivity index (χ3n) is 3.91. The molecule has 1 amide bonds. The smallest absolute Gasteiger partial charge is 0.254 e. The fourth-order valence-corrected chi connectivity index (χ4v) is 2.51. The summed E-state index contributed by atoms with van der Waals surface area (Å²) in [7, 11) is 1.51. The Hall–Kier alpha value is -3.61. The molecule has 0 aliphatic rings. The van der Waals surface area contributed by atoms with Gasteiger partial charge in [0.1, 0.15) is 5.82 Å². The minimum absolute atomic E-state index is 0.128. The van der Waals surface area contributed by atoms with E-state index in [2.05, 4.69) is 15.3 Å². The van der Waals surface area contributed by atoms with Gasteiger partial charge in [-0.05, 0) is 35.9 Å². The number of carbonyl (C=O) groups is 2. The summed E-state index contributed by atoms with van der Waals surface area (Å²) >= 11 is 0. The first-order valence-electron chi connectivity index (χ1n) is 8.09. The number of methoxy groups -OCH3 is 1. The van der Waals surface area contributed by atoms with Crippen molar-refractivity contribution in [1.82, 2.24) is 15.3 Å². The van der Waals surface area contributed by atoms with Crippen LogP contribution in [0.5, 0.6) is 5.88 Å². The van der Waals surface area contributed by atoms with Crippen molar-refractivity contribution < 1.29 is 18.7 Å². The van der Waals surface area contributed by atoms with Crippen LogP contribution in [-0.2, 0) is 6.54 Å². The van der Waals surface area contributed by atoms with E-state index in [0.717, 1.165) is 5.56 Å². The summed E-state index contributed by atoms with van der Waals surface area (Å²) in [4.78, 5) is 31.8. The van der Waals surface area contributed by atoms with Crippen LogP contribution in [0.4, 0.5) is 4.39 Å². The van der Waals surface area contributed by atoms with Gasteiger partial charge in [-0.25, -0.2) is 9.37 Å². The fourth-order valence-electron chi connectivity index (χ4n) is 2.51. The molecule has 0 spiro atoms. The molecule has 27 heavy (non-hydrogen) atoms.